The summed E-state index contributed by atoms with van der Waals surface area (Å²) >= 11 is 0. The molecule has 0 bridgehead atoms. The topological polar surface area (TPSA) is 0 Å². The molecule has 0 nitrogen and oxygen atoms in total. The van der Waals surface area contributed by atoms with Crippen molar-refractivity contribution in [1.82, 2.24) is 0 Å². The number of benzene rings is 5. The molecule has 0 aliphatic rings. The molecule has 0 amide bonds. The Balaban J connectivity index is 1.67. The largest absolute Gasteiger partial charge is 0.460 e. The lowest BCUT2D eigenvalue weighted by Gasteiger charge is -2.36. The van der Waals surface area contributed by atoms with Crippen LogP contribution >= 0.6 is 0 Å². The quantitative estimate of drug-likeness (QED) is 0.0536. The number of rotatable bonds is 11. The maximum atomic E-state index is 14.7. The second-order valence-electron chi connectivity index (χ2n) is 16.6. The highest BCUT2D eigenvalue weighted by atomic mass is 28.3. The highest BCUT2D eigenvalue weighted by molar-refractivity contribution is 6.85. The van der Waals surface area contributed by atoms with Gasteiger partial charge in [0, 0.05) is 30.9 Å². The Bertz CT molecular complexity index is 2370. The standard InChI is InChI=1S/C43H35F17Si2/c1-36(44,45)39(50,51)40(52,53)37(46,47)16-20-61(2,3)18-14-30-32-22-26-10-6-8-12-28(26)24-34(32)31(35-25-29-13-9-7-11-27(29)23-33(30)35)15-19-62(4,5)21-17-38(48,49)41(54,55)42(56,57)43(58,59)60/h6-13,22-25H,16-17,20-21H2,1-5H3. The van der Waals surface area contributed by atoms with Crippen molar-refractivity contribution in [3.8, 4) is 22.9 Å². The second-order valence-corrected chi connectivity index (χ2v) is 25.6. The minimum absolute atomic E-state index is 0.241. The van der Waals surface area contributed by atoms with E-state index in [-0.39, 0.29) is 11.1 Å². The van der Waals surface area contributed by atoms with Gasteiger partial charge in [0.1, 0.15) is 16.1 Å². The van der Waals surface area contributed by atoms with Crippen LogP contribution in [-0.4, -0.2) is 63.8 Å². The number of hydrogen-bond acceptors (Lipinski definition) is 0. The Labute approximate surface area is 345 Å². The van der Waals surface area contributed by atoms with Gasteiger partial charge < -0.3 is 0 Å². The van der Waals surface area contributed by atoms with Crippen LogP contribution in [0.25, 0.3) is 43.1 Å². The first-order valence-corrected chi connectivity index (χ1v) is 25.0. The molecule has 0 atom stereocenters. The maximum Gasteiger partial charge on any atom is 0.460 e. The summed E-state index contributed by atoms with van der Waals surface area (Å²) in [4.78, 5) is 0. The van der Waals surface area contributed by atoms with Crippen LogP contribution in [0.2, 0.25) is 38.3 Å². The number of alkyl halides is 17. The smallest absolute Gasteiger partial charge is 0.200 e. The summed E-state index contributed by atoms with van der Waals surface area (Å²) in [5, 5.41) is 4.03. The molecule has 0 saturated carbocycles. The molecule has 0 spiro atoms. The maximum absolute atomic E-state index is 14.7. The molecule has 0 aliphatic carbocycles. The summed E-state index contributed by atoms with van der Waals surface area (Å²) in [6, 6.07) is 18.7. The normalized spacial score (nSPS) is 14.3. The summed E-state index contributed by atoms with van der Waals surface area (Å²) in [5.41, 5.74) is 6.20. The SMILES string of the molecule is CC(F)(F)C(F)(F)C(F)(F)C(F)(F)CC[Si](C)(C)C#Cc1c2cc3ccccc3cc2c(C#C[Si](C)(C)CCC(F)(F)C(F)(F)C(F)(F)C(F)(F)F)c2cc3ccccc3cc12. The molecule has 0 unspecified atom stereocenters. The van der Waals surface area contributed by atoms with Gasteiger partial charge in [-0.05, 0) is 79.4 Å². The van der Waals surface area contributed by atoms with Gasteiger partial charge in [-0.2, -0.15) is 74.6 Å². The average molecular weight is 931 g/mol. The molecule has 0 saturated heterocycles. The molecule has 19 heteroatoms. The fourth-order valence-corrected chi connectivity index (χ4v) is 9.68. The van der Waals surface area contributed by atoms with Crippen molar-refractivity contribution >= 4 is 59.2 Å². The van der Waals surface area contributed by atoms with Crippen LogP contribution in [0, 0.1) is 22.9 Å². The van der Waals surface area contributed by atoms with E-state index >= 15 is 0 Å². The van der Waals surface area contributed by atoms with Crippen LogP contribution in [0.15, 0.2) is 72.8 Å². The van der Waals surface area contributed by atoms with E-state index in [1.54, 1.807) is 72.8 Å². The molecule has 334 valence electrons. The van der Waals surface area contributed by atoms with Crippen molar-refractivity contribution in [2.24, 2.45) is 0 Å². The molecule has 0 fully saturated rings. The van der Waals surface area contributed by atoms with E-state index in [0.717, 1.165) is 0 Å². The summed E-state index contributed by atoms with van der Waals surface area (Å²) in [5.74, 6) is -37.6. The Morgan fingerprint density at radius 1 is 0.419 bits per heavy atom. The van der Waals surface area contributed by atoms with Gasteiger partial charge in [-0.15, -0.1) is 11.1 Å². The average Bonchev–Trinajstić information content (AvgIpc) is 3.15. The first kappa shape index (κ1) is 48.5. The number of fused-ring (bicyclic) bond motifs is 4. The van der Waals surface area contributed by atoms with E-state index in [9.17, 15) is 74.6 Å². The summed E-state index contributed by atoms with van der Waals surface area (Å²) in [7, 11) is -6.93. The van der Waals surface area contributed by atoms with Crippen LogP contribution in [-0.2, 0) is 0 Å². The zero-order valence-corrected chi connectivity index (χ0v) is 35.2. The Hall–Kier alpha value is -4.50. The van der Waals surface area contributed by atoms with Crippen LogP contribution in [0.5, 0.6) is 0 Å². The van der Waals surface area contributed by atoms with E-state index in [2.05, 4.69) is 22.9 Å². The molecule has 0 aromatic heterocycles. The molecule has 0 aliphatic heterocycles. The second kappa shape index (κ2) is 15.6. The van der Waals surface area contributed by atoms with Gasteiger partial charge >= 0.3 is 47.6 Å². The molecule has 62 heavy (non-hydrogen) atoms. The lowest BCUT2D eigenvalue weighted by atomic mass is 9.89. The summed E-state index contributed by atoms with van der Waals surface area (Å²) in [6.07, 6.45) is -10.9. The molecule has 0 radical (unpaired) electrons. The zero-order chi connectivity index (χ0) is 46.9. The summed E-state index contributed by atoms with van der Waals surface area (Å²) in [6.45, 7) is 4.82. The van der Waals surface area contributed by atoms with E-state index in [1.807, 2.05) is 0 Å². The Kier molecular flexibility index (Phi) is 12.2. The number of halogens is 17. The van der Waals surface area contributed by atoms with Gasteiger partial charge in [0.15, 0.2) is 0 Å². The van der Waals surface area contributed by atoms with Crippen molar-refractivity contribution in [1.29, 1.82) is 0 Å². The third-order valence-electron chi connectivity index (χ3n) is 10.6. The van der Waals surface area contributed by atoms with Gasteiger partial charge in [-0.1, -0.05) is 86.6 Å². The molecular formula is C43H35F17Si2. The van der Waals surface area contributed by atoms with Crippen LogP contribution in [0.3, 0.4) is 0 Å². The van der Waals surface area contributed by atoms with Crippen LogP contribution in [0.4, 0.5) is 74.6 Å². The van der Waals surface area contributed by atoms with Crippen LogP contribution < -0.4 is 0 Å². The van der Waals surface area contributed by atoms with E-state index < -0.39 is 95.6 Å². The fourth-order valence-electron chi connectivity index (χ4n) is 6.62. The predicted molar refractivity (Wildman–Crippen MR) is 210 cm³/mol. The molecule has 5 aromatic rings. The third-order valence-corrected chi connectivity index (χ3v) is 15.2. The van der Waals surface area contributed by atoms with Gasteiger partial charge in [0.05, 0.1) is 0 Å². The van der Waals surface area contributed by atoms with Gasteiger partial charge in [-0.25, -0.2) is 0 Å². The Morgan fingerprint density at radius 3 is 0.952 bits per heavy atom. The summed E-state index contributed by atoms with van der Waals surface area (Å²) < 4.78 is 236. The Morgan fingerprint density at radius 2 is 0.694 bits per heavy atom. The molecule has 5 aromatic carbocycles. The molecule has 0 N–H and O–H groups in total. The van der Waals surface area contributed by atoms with Crippen molar-refractivity contribution in [2.45, 2.75) is 106 Å². The number of hydrogen-bond donors (Lipinski definition) is 0. The van der Waals surface area contributed by atoms with Crippen molar-refractivity contribution < 1.29 is 74.6 Å². The van der Waals surface area contributed by atoms with Crippen molar-refractivity contribution in [2.75, 3.05) is 0 Å². The van der Waals surface area contributed by atoms with Gasteiger partial charge in [-0.3, -0.25) is 0 Å². The monoisotopic (exact) mass is 930 g/mol. The highest BCUT2D eigenvalue weighted by Crippen LogP contribution is 2.56. The minimum Gasteiger partial charge on any atom is -0.200 e. The lowest BCUT2D eigenvalue weighted by molar-refractivity contribution is -0.396. The first-order chi connectivity index (χ1) is 28.0. The molecule has 0 heterocycles. The third kappa shape index (κ3) is 8.72. The predicted octanol–water partition coefficient (Wildman–Crippen LogP) is 15.3. The minimum atomic E-state index is -7.04. The van der Waals surface area contributed by atoms with E-state index in [4.69, 9.17) is 0 Å². The van der Waals surface area contributed by atoms with E-state index in [1.165, 1.54) is 26.2 Å². The first-order valence-electron chi connectivity index (χ1n) is 18.6. The van der Waals surface area contributed by atoms with Gasteiger partial charge in [0.2, 0.25) is 0 Å². The van der Waals surface area contributed by atoms with Gasteiger partial charge in [0.25, 0.3) is 0 Å². The highest BCUT2D eigenvalue weighted by Gasteiger charge is 2.81. The fraction of sp³-hybridized carbons (Fsp3) is 0.395. The van der Waals surface area contributed by atoms with Crippen molar-refractivity contribution in [3.05, 3.63) is 83.9 Å². The lowest BCUT2D eigenvalue weighted by Crippen LogP contribution is -2.61. The van der Waals surface area contributed by atoms with Crippen LogP contribution in [0.1, 0.15) is 30.9 Å². The molecule has 5 rings (SSSR count). The zero-order valence-electron chi connectivity index (χ0n) is 33.2. The van der Waals surface area contributed by atoms with E-state index in [0.29, 0.717) is 43.1 Å². The molecular weight excluding hydrogens is 896 g/mol. The van der Waals surface area contributed by atoms with Crippen molar-refractivity contribution in [3.63, 3.8) is 0 Å².